The van der Waals surface area contributed by atoms with E-state index in [1.807, 2.05) is 61.7 Å². The van der Waals surface area contributed by atoms with Crippen LogP contribution in [0.2, 0.25) is 5.02 Å². The molecule has 0 amide bonds. The predicted molar refractivity (Wildman–Crippen MR) is 117 cm³/mol. The highest BCUT2D eigenvalue weighted by Crippen LogP contribution is 2.30. The molecule has 3 aromatic heterocycles. The number of nitrogens with zero attached hydrogens (tertiary/aromatic N) is 4. The molecule has 4 aromatic rings. The number of Topliss-reactive ketones (excluding diaryl/α,β-unsaturated/α-hetero) is 1. The van der Waals surface area contributed by atoms with Gasteiger partial charge in [-0.3, -0.25) is 9.78 Å². The zero-order chi connectivity index (χ0) is 21.3. The largest absolute Gasteiger partial charge is 0.411 e. The molecule has 0 unspecified atom stereocenters. The fraction of sp³-hybridized carbons (Fsp3) is 0.182. The van der Waals surface area contributed by atoms with Gasteiger partial charge in [0, 0.05) is 40.1 Å². The molecule has 3 heterocycles. The molecule has 0 N–H and O–H groups in total. The summed E-state index contributed by atoms with van der Waals surface area (Å²) in [4.78, 5) is 17.2. The molecule has 30 heavy (non-hydrogen) atoms. The van der Waals surface area contributed by atoms with Gasteiger partial charge in [0.05, 0.1) is 10.8 Å². The maximum absolute atomic E-state index is 13.1. The summed E-state index contributed by atoms with van der Waals surface area (Å²) in [5.41, 5.74) is 4.24. The van der Waals surface area contributed by atoms with E-state index in [0.29, 0.717) is 21.7 Å². The summed E-state index contributed by atoms with van der Waals surface area (Å²) in [6.45, 7) is 5.77. The lowest BCUT2D eigenvalue weighted by Crippen LogP contribution is -2.14. The molecular weight excluding hydrogens is 420 g/mol. The summed E-state index contributed by atoms with van der Waals surface area (Å²) < 4.78 is 7.75. The van der Waals surface area contributed by atoms with Crippen LogP contribution in [0.25, 0.3) is 17.1 Å². The van der Waals surface area contributed by atoms with Crippen molar-refractivity contribution in [2.75, 3.05) is 0 Å². The molecule has 0 bridgehead atoms. The number of thioether (sulfide) groups is 1. The van der Waals surface area contributed by atoms with Gasteiger partial charge in [-0.15, -0.1) is 10.2 Å². The van der Waals surface area contributed by atoms with Crippen LogP contribution >= 0.6 is 23.4 Å². The molecule has 152 valence electrons. The summed E-state index contributed by atoms with van der Waals surface area (Å²) in [7, 11) is 0. The van der Waals surface area contributed by atoms with Gasteiger partial charge in [-0.2, -0.15) is 0 Å². The summed E-state index contributed by atoms with van der Waals surface area (Å²) in [6, 6.07) is 13.1. The number of benzene rings is 1. The molecule has 1 atom stereocenters. The zero-order valence-electron chi connectivity index (χ0n) is 16.7. The second kappa shape index (κ2) is 8.45. The monoisotopic (exact) mass is 438 g/mol. The number of aromatic nitrogens is 4. The van der Waals surface area contributed by atoms with Crippen molar-refractivity contribution in [3.05, 3.63) is 76.8 Å². The Morgan fingerprint density at radius 2 is 1.93 bits per heavy atom. The molecule has 0 fully saturated rings. The van der Waals surface area contributed by atoms with Crippen LogP contribution in [0.3, 0.4) is 0 Å². The molecule has 0 saturated carbocycles. The second-order valence-corrected chi connectivity index (χ2v) is 8.56. The number of hydrogen-bond donors (Lipinski definition) is 0. The average molecular weight is 439 g/mol. The van der Waals surface area contributed by atoms with E-state index in [2.05, 4.69) is 15.2 Å². The van der Waals surface area contributed by atoms with E-state index in [1.165, 1.54) is 11.8 Å². The quantitative estimate of drug-likeness (QED) is 0.290. The molecule has 0 saturated heterocycles. The molecule has 0 aliphatic heterocycles. The lowest BCUT2D eigenvalue weighted by Gasteiger charge is -2.11. The minimum absolute atomic E-state index is 0.00874. The van der Waals surface area contributed by atoms with Crippen LogP contribution in [0.5, 0.6) is 0 Å². The van der Waals surface area contributed by atoms with Crippen molar-refractivity contribution in [1.29, 1.82) is 0 Å². The molecule has 0 aliphatic rings. The Labute approximate surface area is 183 Å². The molecule has 8 heteroatoms. The van der Waals surface area contributed by atoms with Crippen molar-refractivity contribution in [3.63, 3.8) is 0 Å². The third-order valence-electron chi connectivity index (χ3n) is 4.74. The number of aryl methyl sites for hydroxylation is 1. The highest BCUT2D eigenvalue weighted by molar-refractivity contribution is 8.00. The highest BCUT2D eigenvalue weighted by atomic mass is 35.5. The van der Waals surface area contributed by atoms with Gasteiger partial charge in [0.1, 0.15) is 0 Å². The van der Waals surface area contributed by atoms with Crippen molar-refractivity contribution in [1.82, 2.24) is 19.7 Å². The van der Waals surface area contributed by atoms with E-state index in [1.54, 1.807) is 18.5 Å². The Kier molecular flexibility index (Phi) is 5.74. The first-order valence-corrected chi connectivity index (χ1v) is 10.6. The van der Waals surface area contributed by atoms with Gasteiger partial charge in [0.15, 0.2) is 5.78 Å². The van der Waals surface area contributed by atoms with Gasteiger partial charge >= 0.3 is 0 Å². The third-order valence-corrected chi connectivity index (χ3v) is 5.93. The van der Waals surface area contributed by atoms with E-state index >= 15 is 0 Å². The SMILES string of the molecule is Cc1cc(C(=O)[C@H](C)Sc2nnc(-c3cccnc3)o2)c(C)n1-c1ccc(Cl)cc1. The van der Waals surface area contributed by atoms with Crippen LogP contribution in [0.4, 0.5) is 0 Å². The molecule has 6 nitrogen and oxygen atoms in total. The molecule has 0 radical (unpaired) electrons. The minimum atomic E-state index is -0.383. The second-order valence-electron chi connectivity index (χ2n) is 6.84. The number of ketones is 1. The predicted octanol–water partition coefficient (Wildman–Crippen LogP) is 5.56. The number of rotatable bonds is 6. The van der Waals surface area contributed by atoms with Gasteiger partial charge < -0.3 is 8.98 Å². The highest BCUT2D eigenvalue weighted by Gasteiger charge is 2.24. The summed E-state index contributed by atoms with van der Waals surface area (Å²) >= 11 is 7.25. The number of carbonyl (C=O) groups excluding carboxylic acids is 1. The van der Waals surface area contributed by atoms with Crippen LogP contribution < -0.4 is 0 Å². The first-order valence-electron chi connectivity index (χ1n) is 9.33. The average Bonchev–Trinajstić information content (AvgIpc) is 3.33. The normalized spacial score (nSPS) is 12.1. The van der Waals surface area contributed by atoms with Crippen LogP contribution in [-0.4, -0.2) is 30.8 Å². The van der Waals surface area contributed by atoms with Gasteiger partial charge in [-0.25, -0.2) is 0 Å². The van der Waals surface area contributed by atoms with E-state index in [9.17, 15) is 4.79 Å². The van der Waals surface area contributed by atoms with Crippen molar-refractivity contribution >= 4 is 29.1 Å². The van der Waals surface area contributed by atoms with Crippen LogP contribution in [0.1, 0.15) is 28.7 Å². The summed E-state index contributed by atoms with van der Waals surface area (Å²) in [5.74, 6) is 0.389. The summed E-state index contributed by atoms with van der Waals surface area (Å²) in [5, 5.41) is 8.75. The maximum atomic E-state index is 13.1. The fourth-order valence-electron chi connectivity index (χ4n) is 3.29. The first kappa shape index (κ1) is 20.4. The molecule has 4 rings (SSSR count). The number of pyridine rings is 1. The van der Waals surface area contributed by atoms with Crippen molar-refractivity contribution in [2.24, 2.45) is 0 Å². The van der Waals surface area contributed by atoms with Gasteiger partial charge in [-0.05, 0) is 63.2 Å². The smallest absolute Gasteiger partial charge is 0.277 e. The Bertz CT molecular complexity index is 1190. The van der Waals surface area contributed by atoms with Crippen LogP contribution in [-0.2, 0) is 0 Å². The van der Waals surface area contributed by atoms with Gasteiger partial charge in [0.25, 0.3) is 5.22 Å². The Morgan fingerprint density at radius 3 is 2.63 bits per heavy atom. The zero-order valence-corrected chi connectivity index (χ0v) is 18.2. The fourth-order valence-corrected chi connectivity index (χ4v) is 4.16. The number of carbonyl (C=O) groups is 1. The maximum Gasteiger partial charge on any atom is 0.277 e. The first-order chi connectivity index (χ1) is 14.4. The number of hydrogen-bond acceptors (Lipinski definition) is 6. The van der Waals surface area contributed by atoms with Crippen molar-refractivity contribution < 1.29 is 9.21 Å². The minimum Gasteiger partial charge on any atom is -0.411 e. The van der Waals surface area contributed by atoms with E-state index < -0.39 is 0 Å². The third kappa shape index (κ3) is 4.04. The van der Waals surface area contributed by atoms with Crippen molar-refractivity contribution in [3.8, 4) is 17.1 Å². The lowest BCUT2D eigenvalue weighted by molar-refractivity contribution is 0.0993. The van der Waals surface area contributed by atoms with E-state index in [-0.39, 0.29) is 11.0 Å². The molecular formula is C22H19ClN4O2S. The van der Waals surface area contributed by atoms with Crippen LogP contribution in [0, 0.1) is 13.8 Å². The Balaban J connectivity index is 1.54. The van der Waals surface area contributed by atoms with Crippen LogP contribution in [0.15, 0.2) is 64.5 Å². The van der Waals surface area contributed by atoms with Gasteiger partial charge in [-0.1, -0.05) is 23.4 Å². The lowest BCUT2D eigenvalue weighted by atomic mass is 10.1. The van der Waals surface area contributed by atoms with E-state index in [0.717, 1.165) is 22.6 Å². The molecule has 1 aromatic carbocycles. The Morgan fingerprint density at radius 1 is 1.17 bits per heavy atom. The van der Waals surface area contributed by atoms with Gasteiger partial charge in [0.2, 0.25) is 5.89 Å². The molecule has 0 aliphatic carbocycles. The summed E-state index contributed by atoms with van der Waals surface area (Å²) in [6.07, 6.45) is 3.33. The Hall–Kier alpha value is -2.90. The standard InChI is InChI=1S/C22H19ClN4O2S/c1-13-11-19(14(2)27(13)18-8-6-17(23)7-9-18)20(28)15(3)30-22-26-25-21(29-22)16-5-4-10-24-12-16/h4-12,15H,1-3H3/t15-/m0/s1. The number of halogens is 1. The van der Waals surface area contributed by atoms with Crippen molar-refractivity contribution in [2.45, 2.75) is 31.2 Å². The topological polar surface area (TPSA) is 73.8 Å². The molecule has 0 spiro atoms. The van der Waals surface area contributed by atoms with E-state index in [4.69, 9.17) is 16.0 Å².